The van der Waals surface area contributed by atoms with E-state index in [1.807, 2.05) is 0 Å². The minimum absolute atomic E-state index is 0.462. The molecule has 1 N–H and O–H groups in total. The summed E-state index contributed by atoms with van der Waals surface area (Å²) in [6.45, 7) is 11.7. The number of hydrogen-bond acceptors (Lipinski definition) is 2. The number of hydrogen-bond donors (Lipinski definition) is 1. The van der Waals surface area contributed by atoms with Crippen LogP contribution in [-0.4, -0.2) is 30.1 Å². The Bertz CT molecular complexity index is 485. The molecule has 116 valence electrons. The van der Waals surface area contributed by atoms with Gasteiger partial charge < -0.3 is 10.2 Å². The number of benzene rings is 1. The summed E-state index contributed by atoms with van der Waals surface area (Å²) in [5, 5.41) is 3.92. The van der Waals surface area contributed by atoms with E-state index in [1.165, 1.54) is 61.0 Å². The normalized spacial score (nSPS) is 27.6. The van der Waals surface area contributed by atoms with Gasteiger partial charge in [0.25, 0.3) is 0 Å². The average Bonchev–Trinajstić information content (AvgIpc) is 2.84. The Hall–Kier alpha value is -0.860. The molecule has 2 heterocycles. The van der Waals surface area contributed by atoms with Gasteiger partial charge in [-0.2, -0.15) is 0 Å². The topological polar surface area (TPSA) is 15.3 Å². The summed E-state index contributed by atoms with van der Waals surface area (Å²) in [7, 11) is 0. The van der Waals surface area contributed by atoms with Gasteiger partial charge in [-0.25, -0.2) is 0 Å². The first-order chi connectivity index (χ1) is 10.0. The first-order valence-corrected chi connectivity index (χ1v) is 8.62. The Morgan fingerprint density at radius 1 is 1.10 bits per heavy atom. The largest absolute Gasteiger partial charge is 0.307 e. The summed E-state index contributed by atoms with van der Waals surface area (Å²) >= 11 is 0. The van der Waals surface area contributed by atoms with E-state index < -0.39 is 0 Å². The number of nitrogens with zero attached hydrogens (tertiary/aromatic N) is 1. The monoisotopic (exact) mass is 286 g/mol. The van der Waals surface area contributed by atoms with Gasteiger partial charge >= 0.3 is 0 Å². The van der Waals surface area contributed by atoms with Crippen LogP contribution in [0.3, 0.4) is 0 Å². The Morgan fingerprint density at radius 3 is 2.52 bits per heavy atom. The van der Waals surface area contributed by atoms with Crippen molar-refractivity contribution in [2.75, 3.05) is 13.1 Å². The highest BCUT2D eigenvalue weighted by molar-refractivity contribution is 5.39. The number of aryl methyl sites for hydroxylation is 3. The molecule has 1 aromatic carbocycles. The Kier molecular flexibility index (Phi) is 4.37. The summed E-state index contributed by atoms with van der Waals surface area (Å²) in [4.78, 5) is 2.70. The molecule has 0 saturated carbocycles. The second kappa shape index (κ2) is 6.10. The smallest absolute Gasteiger partial charge is 0.0299 e. The van der Waals surface area contributed by atoms with Crippen molar-refractivity contribution in [2.24, 2.45) is 0 Å². The molecule has 2 aliphatic heterocycles. The lowest BCUT2D eigenvalue weighted by Gasteiger charge is -2.37. The molecule has 2 saturated heterocycles. The first kappa shape index (κ1) is 15.1. The molecule has 3 unspecified atom stereocenters. The molecule has 0 aromatic heterocycles. The minimum Gasteiger partial charge on any atom is -0.307 e. The maximum Gasteiger partial charge on any atom is 0.0299 e. The SMILES string of the molecule is Cc1cc(C)c(C(C)NC2CCN3CCCC3C2)c(C)c1. The van der Waals surface area contributed by atoms with Gasteiger partial charge in [0.15, 0.2) is 0 Å². The van der Waals surface area contributed by atoms with Crippen LogP contribution in [0.4, 0.5) is 0 Å². The molecule has 0 aliphatic carbocycles. The van der Waals surface area contributed by atoms with Crippen molar-refractivity contribution in [3.63, 3.8) is 0 Å². The van der Waals surface area contributed by atoms with E-state index in [4.69, 9.17) is 0 Å². The Morgan fingerprint density at radius 2 is 1.81 bits per heavy atom. The van der Waals surface area contributed by atoms with Crippen molar-refractivity contribution in [3.05, 3.63) is 34.4 Å². The molecule has 0 radical (unpaired) electrons. The lowest BCUT2D eigenvalue weighted by atomic mass is 9.92. The fourth-order valence-corrected chi connectivity index (χ4v) is 4.69. The summed E-state index contributed by atoms with van der Waals surface area (Å²) in [6, 6.07) is 6.65. The number of piperidine rings is 1. The summed E-state index contributed by atoms with van der Waals surface area (Å²) in [5.41, 5.74) is 5.76. The van der Waals surface area contributed by atoms with E-state index in [9.17, 15) is 0 Å². The van der Waals surface area contributed by atoms with Crippen molar-refractivity contribution in [1.82, 2.24) is 10.2 Å². The van der Waals surface area contributed by atoms with E-state index in [2.05, 4.69) is 50.0 Å². The molecule has 2 fully saturated rings. The fraction of sp³-hybridized carbons (Fsp3) is 0.684. The van der Waals surface area contributed by atoms with Crippen LogP contribution >= 0.6 is 0 Å². The van der Waals surface area contributed by atoms with Crippen LogP contribution < -0.4 is 5.32 Å². The standard InChI is InChI=1S/C19H30N2/c1-13-10-14(2)19(15(3)11-13)16(4)20-17-7-9-21-8-5-6-18(21)12-17/h10-11,16-18,20H,5-9,12H2,1-4H3. The number of nitrogens with one attached hydrogen (secondary N) is 1. The summed E-state index contributed by atoms with van der Waals surface area (Å²) in [6.07, 6.45) is 5.47. The molecule has 21 heavy (non-hydrogen) atoms. The zero-order valence-corrected chi connectivity index (χ0v) is 14.1. The van der Waals surface area contributed by atoms with E-state index in [1.54, 1.807) is 0 Å². The van der Waals surface area contributed by atoms with E-state index in [0.29, 0.717) is 12.1 Å². The van der Waals surface area contributed by atoms with Crippen LogP contribution in [0.25, 0.3) is 0 Å². The van der Waals surface area contributed by atoms with Gasteiger partial charge in [-0.15, -0.1) is 0 Å². The molecular formula is C19H30N2. The molecule has 2 heteroatoms. The van der Waals surface area contributed by atoms with Crippen molar-refractivity contribution in [2.45, 2.75) is 71.5 Å². The molecular weight excluding hydrogens is 256 g/mol. The quantitative estimate of drug-likeness (QED) is 0.907. The summed E-state index contributed by atoms with van der Waals surface area (Å²) in [5.74, 6) is 0. The zero-order chi connectivity index (χ0) is 15.0. The fourth-order valence-electron chi connectivity index (χ4n) is 4.69. The Labute approximate surface area is 129 Å². The van der Waals surface area contributed by atoms with Gasteiger partial charge in [0, 0.05) is 18.1 Å². The molecule has 0 spiro atoms. The predicted molar refractivity (Wildman–Crippen MR) is 89.8 cm³/mol. The molecule has 3 atom stereocenters. The van der Waals surface area contributed by atoms with Crippen LogP contribution in [-0.2, 0) is 0 Å². The lowest BCUT2D eigenvalue weighted by molar-refractivity contribution is 0.162. The lowest BCUT2D eigenvalue weighted by Crippen LogP contribution is -2.46. The van der Waals surface area contributed by atoms with Crippen LogP contribution in [0.1, 0.15) is 60.9 Å². The minimum atomic E-state index is 0.462. The molecule has 2 nitrogen and oxygen atoms in total. The molecule has 3 rings (SSSR count). The molecule has 1 aromatic rings. The zero-order valence-electron chi connectivity index (χ0n) is 14.1. The van der Waals surface area contributed by atoms with Gasteiger partial charge in [-0.05, 0) is 83.2 Å². The van der Waals surface area contributed by atoms with Crippen molar-refractivity contribution < 1.29 is 0 Å². The highest BCUT2D eigenvalue weighted by Crippen LogP contribution is 2.29. The number of fused-ring (bicyclic) bond motifs is 1. The highest BCUT2D eigenvalue weighted by atomic mass is 15.2. The molecule has 2 aliphatic rings. The third-order valence-electron chi connectivity index (χ3n) is 5.48. The number of rotatable bonds is 3. The molecule has 0 amide bonds. The van der Waals surface area contributed by atoms with E-state index >= 15 is 0 Å². The van der Waals surface area contributed by atoms with Crippen LogP contribution in [0.5, 0.6) is 0 Å². The highest BCUT2D eigenvalue weighted by Gasteiger charge is 2.32. The van der Waals surface area contributed by atoms with Crippen LogP contribution in [0.2, 0.25) is 0 Å². The maximum absolute atomic E-state index is 3.92. The maximum atomic E-state index is 3.92. The summed E-state index contributed by atoms with van der Waals surface area (Å²) < 4.78 is 0. The van der Waals surface area contributed by atoms with Crippen molar-refractivity contribution >= 4 is 0 Å². The van der Waals surface area contributed by atoms with Crippen LogP contribution in [0, 0.1) is 20.8 Å². The van der Waals surface area contributed by atoms with E-state index in [0.717, 1.165) is 6.04 Å². The molecule has 0 bridgehead atoms. The second-order valence-electron chi connectivity index (χ2n) is 7.25. The third kappa shape index (κ3) is 3.17. The Balaban J connectivity index is 1.68. The van der Waals surface area contributed by atoms with E-state index in [-0.39, 0.29) is 0 Å². The average molecular weight is 286 g/mol. The first-order valence-electron chi connectivity index (χ1n) is 8.62. The van der Waals surface area contributed by atoms with Crippen molar-refractivity contribution in [3.8, 4) is 0 Å². The van der Waals surface area contributed by atoms with Gasteiger partial charge in [0.2, 0.25) is 0 Å². The third-order valence-corrected chi connectivity index (χ3v) is 5.48. The predicted octanol–water partition coefficient (Wildman–Crippen LogP) is 3.89. The van der Waals surface area contributed by atoms with Gasteiger partial charge in [0.05, 0.1) is 0 Å². The van der Waals surface area contributed by atoms with Gasteiger partial charge in [-0.3, -0.25) is 0 Å². The van der Waals surface area contributed by atoms with Crippen LogP contribution in [0.15, 0.2) is 12.1 Å². The van der Waals surface area contributed by atoms with Gasteiger partial charge in [-0.1, -0.05) is 17.7 Å². The van der Waals surface area contributed by atoms with Gasteiger partial charge in [0.1, 0.15) is 0 Å². The van der Waals surface area contributed by atoms with Crippen molar-refractivity contribution in [1.29, 1.82) is 0 Å². The second-order valence-corrected chi connectivity index (χ2v) is 7.25.